The van der Waals surface area contributed by atoms with Gasteiger partial charge in [-0.15, -0.1) is 0 Å². The highest BCUT2D eigenvalue weighted by molar-refractivity contribution is 7.89. The van der Waals surface area contributed by atoms with Crippen molar-refractivity contribution in [3.8, 4) is 0 Å². The average Bonchev–Trinajstić information content (AvgIpc) is 2.69. The number of amides is 1. The minimum absolute atomic E-state index is 0.0240. The predicted octanol–water partition coefficient (Wildman–Crippen LogP) is 3.38. The van der Waals surface area contributed by atoms with Gasteiger partial charge in [0, 0.05) is 13.1 Å². The summed E-state index contributed by atoms with van der Waals surface area (Å²) in [6.07, 6.45) is 9.75. The number of nitrogens with zero attached hydrogens (tertiary/aromatic N) is 1. The molecule has 1 aliphatic heterocycles. The molecule has 2 aliphatic rings. The van der Waals surface area contributed by atoms with Gasteiger partial charge in [-0.1, -0.05) is 18.1 Å². The summed E-state index contributed by atoms with van der Waals surface area (Å²) in [6.45, 7) is 0.842. The van der Waals surface area contributed by atoms with Gasteiger partial charge < -0.3 is 5.32 Å². The fourth-order valence-corrected chi connectivity index (χ4v) is 5.45. The second-order valence-corrected chi connectivity index (χ2v) is 9.12. The zero-order valence-electron chi connectivity index (χ0n) is 15.5. The molecule has 7 heteroatoms. The molecule has 1 saturated heterocycles. The first-order valence-electron chi connectivity index (χ1n) is 9.71. The van der Waals surface area contributed by atoms with Crippen molar-refractivity contribution < 1.29 is 17.6 Å². The highest BCUT2D eigenvalue weighted by Crippen LogP contribution is 2.26. The van der Waals surface area contributed by atoms with Crippen molar-refractivity contribution in [2.24, 2.45) is 0 Å². The maximum absolute atomic E-state index is 13.1. The molecule has 0 radical (unpaired) electrons. The van der Waals surface area contributed by atoms with Gasteiger partial charge in [-0.2, -0.15) is 4.31 Å². The first kappa shape index (κ1) is 20.0. The lowest BCUT2D eigenvalue weighted by Crippen LogP contribution is -2.51. The number of carbonyl (C=O) groups excluding carboxylic acids is 1. The van der Waals surface area contributed by atoms with E-state index < -0.39 is 21.9 Å². The second-order valence-electron chi connectivity index (χ2n) is 7.23. The molecule has 5 nitrogen and oxygen atoms in total. The second kappa shape index (κ2) is 8.97. The van der Waals surface area contributed by atoms with Crippen LogP contribution in [0.4, 0.5) is 4.39 Å². The van der Waals surface area contributed by atoms with Crippen LogP contribution >= 0.6 is 0 Å². The van der Waals surface area contributed by atoms with Gasteiger partial charge in [-0.3, -0.25) is 4.79 Å². The molecule has 27 heavy (non-hydrogen) atoms. The largest absolute Gasteiger partial charge is 0.354 e. The molecule has 1 atom stereocenters. The Kier molecular flexibility index (Phi) is 6.65. The zero-order valence-corrected chi connectivity index (χ0v) is 16.3. The Morgan fingerprint density at radius 1 is 1.15 bits per heavy atom. The lowest BCUT2D eigenvalue weighted by atomic mass is 9.97. The number of hydrogen-bond donors (Lipinski definition) is 1. The third-order valence-corrected chi connectivity index (χ3v) is 7.23. The summed E-state index contributed by atoms with van der Waals surface area (Å²) < 4.78 is 40.3. The molecule has 1 amide bonds. The Morgan fingerprint density at radius 2 is 1.93 bits per heavy atom. The number of hydrogen-bond acceptors (Lipinski definition) is 3. The van der Waals surface area contributed by atoms with E-state index in [1.807, 2.05) is 0 Å². The molecule has 148 valence electrons. The van der Waals surface area contributed by atoms with E-state index in [9.17, 15) is 17.6 Å². The smallest absolute Gasteiger partial charge is 0.243 e. The summed E-state index contributed by atoms with van der Waals surface area (Å²) in [7, 11) is -3.82. The molecule has 0 unspecified atom stereocenters. The minimum atomic E-state index is -3.82. The van der Waals surface area contributed by atoms with Crippen molar-refractivity contribution in [2.75, 3.05) is 13.1 Å². The van der Waals surface area contributed by atoms with E-state index in [-0.39, 0.29) is 10.8 Å². The van der Waals surface area contributed by atoms with Crippen LogP contribution in [0.25, 0.3) is 0 Å². The van der Waals surface area contributed by atoms with Crippen LogP contribution in [-0.4, -0.2) is 37.8 Å². The van der Waals surface area contributed by atoms with E-state index in [0.29, 0.717) is 19.5 Å². The van der Waals surface area contributed by atoms with Crippen LogP contribution in [0.15, 0.2) is 40.8 Å². The van der Waals surface area contributed by atoms with Crippen LogP contribution in [0.1, 0.15) is 51.4 Å². The van der Waals surface area contributed by atoms with Crippen LogP contribution in [-0.2, 0) is 14.8 Å². The molecular weight excluding hydrogens is 367 g/mol. The molecule has 0 spiro atoms. The molecule has 1 aromatic carbocycles. The van der Waals surface area contributed by atoms with Gasteiger partial charge >= 0.3 is 0 Å². The molecule has 1 fully saturated rings. The van der Waals surface area contributed by atoms with E-state index in [1.165, 1.54) is 34.9 Å². The first-order chi connectivity index (χ1) is 13.0. The van der Waals surface area contributed by atoms with Crippen molar-refractivity contribution in [1.82, 2.24) is 9.62 Å². The van der Waals surface area contributed by atoms with Crippen LogP contribution in [0.2, 0.25) is 0 Å². The molecule has 1 aliphatic carbocycles. The molecule has 0 aromatic heterocycles. The van der Waals surface area contributed by atoms with Crippen molar-refractivity contribution in [3.63, 3.8) is 0 Å². The summed E-state index contributed by atoms with van der Waals surface area (Å²) >= 11 is 0. The van der Waals surface area contributed by atoms with Gasteiger partial charge in [0.05, 0.1) is 4.90 Å². The van der Waals surface area contributed by atoms with E-state index in [1.54, 1.807) is 0 Å². The number of allylic oxidation sites excluding steroid dienone is 1. The number of benzene rings is 1. The van der Waals surface area contributed by atoms with E-state index in [0.717, 1.165) is 44.2 Å². The summed E-state index contributed by atoms with van der Waals surface area (Å²) in [5, 5.41) is 2.92. The molecule has 0 bridgehead atoms. The van der Waals surface area contributed by atoms with Gasteiger partial charge in [0.1, 0.15) is 11.9 Å². The predicted molar refractivity (Wildman–Crippen MR) is 102 cm³/mol. The molecule has 0 saturated carbocycles. The van der Waals surface area contributed by atoms with Crippen molar-refractivity contribution in [2.45, 2.75) is 62.3 Å². The number of sulfonamides is 1. The lowest BCUT2D eigenvalue weighted by molar-refractivity contribution is -0.125. The average molecular weight is 395 g/mol. The fraction of sp³-hybridized carbons (Fsp3) is 0.550. The topological polar surface area (TPSA) is 66.5 Å². The lowest BCUT2D eigenvalue weighted by Gasteiger charge is -2.33. The molecule has 1 aromatic rings. The molecule has 1 N–H and O–H groups in total. The normalized spacial score (nSPS) is 21.5. The van der Waals surface area contributed by atoms with Crippen LogP contribution in [0.3, 0.4) is 0 Å². The van der Waals surface area contributed by atoms with Gasteiger partial charge in [-0.05, 0) is 69.2 Å². The van der Waals surface area contributed by atoms with Gasteiger partial charge in [0.2, 0.25) is 15.9 Å². The standard InChI is InChI=1S/C20H27FN2O3S/c21-17-9-11-18(12-10-17)27(25,26)23-15-5-4-8-19(23)20(24)22-14-13-16-6-2-1-3-7-16/h6,9-12,19H,1-5,7-8,13-15H2,(H,22,24)/t19-/m1/s1. The summed E-state index contributed by atoms with van der Waals surface area (Å²) in [5.74, 6) is -0.726. The molecular formula is C20H27FN2O3S. The Balaban J connectivity index is 1.66. The quantitative estimate of drug-likeness (QED) is 0.752. The first-order valence-corrected chi connectivity index (χ1v) is 11.2. The fourth-order valence-electron chi connectivity index (χ4n) is 3.79. The van der Waals surface area contributed by atoms with Gasteiger partial charge in [-0.25, -0.2) is 12.8 Å². The zero-order chi connectivity index (χ0) is 19.3. The number of piperidine rings is 1. The number of halogens is 1. The highest BCUT2D eigenvalue weighted by atomic mass is 32.2. The maximum Gasteiger partial charge on any atom is 0.243 e. The van der Waals surface area contributed by atoms with Gasteiger partial charge in [0.25, 0.3) is 0 Å². The van der Waals surface area contributed by atoms with Crippen molar-refractivity contribution in [1.29, 1.82) is 0 Å². The van der Waals surface area contributed by atoms with Gasteiger partial charge in [0.15, 0.2) is 0 Å². The SMILES string of the molecule is O=C(NCCC1=CCCCC1)[C@H]1CCCCN1S(=O)(=O)c1ccc(F)cc1. The van der Waals surface area contributed by atoms with Crippen LogP contribution in [0.5, 0.6) is 0 Å². The number of rotatable bonds is 6. The van der Waals surface area contributed by atoms with E-state index >= 15 is 0 Å². The Hall–Kier alpha value is -1.73. The highest BCUT2D eigenvalue weighted by Gasteiger charge is 2.37. The Bertz CT molecular complexity index is 790. The van der Waals surface area contributed by atoms with Crippen molar-refractivity contribution in [3.05, 3.63) is 41.7 Å². The Labute approximate surface area is 160 Å². The van der Waals surface area contributed by atoms with Crippen molar-refractivity contribution >= 4 is 15.9 Å². The van der Waals surface area contributed by atoms with E-state index in [4.69, 9.17) is 0 Å². The van der Waals surface area contributed by atoms with E-state index in [2.05, 4.69) is 11.4 Å². The summed E-state index contributed by atoms with van der Waals surface area (Å²) in [4.78, 5) is 12.7. The minimum Gasteiger partial charge on any atom is -0.354 e. The Morgan fingerprint density at radius 3 is 2.63 bits per heavy atom. The monoisotopic (exact) mass is 394 g/mol. The number of nitrogens with one attached hydrogen (secondary N) is 1. The maximum atomic E-state index is 13.1. The summed E-state index contributed by atoms with van der Waals surface area (Å²) in [5.41, 5.74) is 1.38. The third kappa shape index (κ3) is 4.96. The van der Waals surface area contributed by atoms with Crippen LogP contribution < -0.4 is 5.32 Å². The van der Waals surface area contributed by atoms with Crippen LogP contribution in [0, 0.1) is 5.82 Å². The summed E-state index contributed by atoms with van der Waals surface area (Å²) in [6, 6.07) is 4.07. The molecule has 1 heterocycles. The number of carbonyl (C=O) groups is 1. The molecule has 3 rings (SSSR count). The third-order valence-electron chi connectivity index (χ3n) is 5.31.